The van der Waals surface area contributed by atoms with Crippen molar-refractivity contribution in [3.05, 3.63) is 65.4 Å². The summed E-state index contributed by atoms with van der Waals surface area (Å²) in [5, 5.41) is 4.48. The second-order valence-electron chi connectivity index (χ2n) is 6.16. The van der Waals surface area contributed by atoms with Crippen molar-refractivity contribution in [1.82, 2.24) is 24.7 Å². The van der Waals surface area contributed by atoms with Crippen LogP contribution in [0.15, 0.2) is 54.0 Å². The fraction of sp³-hybridized carbons (Fsp3) is 0.278. The first-order chi connectivity index (χ1) is 12.7. The van der Waals surface area contributed by atoms with Gasteiger partial charge in [0.15, 0.2) is 11.6 Å². The third-order valence-electron chi connectivity index (χ3n) is 4.52. The number of rotatable bonds is 4. The second kappa shape index (κ2) is 6.99. The molecule has 132 valence electrons. The van der Waals surface area contributed by atoms with Crippen LogP contribution in [0, 0.1) is 5.82 Å². The minimum absolute atomic E-state index is 0.0442. The Labute approximate surface area is 149 Å². The summed E-state index contributed by atoms with van der Waals surface area (Å²) in [5.74, 6) is -0.175. The number of aromatic nitrogens is 5. The molecule has 0 aliphatic carbocycles. The Morgan fingerprint density at radius 2 is 2.00 bits per heavy atom. The maximum absolute atomic E-state index is 14.1. The van der Waals surface area contributed by atoms with Crippen LogP contribution >= 0.6 is 0 Å². The van der Waals surface area contributed by atoms with Crippen molar-refractivity contribution in [3.8, 4) is 11.3 Å². The lowest BCUT2D eigenvalue weighted by Crippen LogP contribution is -2.38. The Kier molecular flexibility index (Phi) is 4.39. The summed E-state index contributed by atoms with van der Waals surface area (Å²) < 4.78 is 15.5. The fourth-order valence-electron chi connectivity index (χ4n) is 3.28. The van der Waals surface area contributed by atoms with E-state index in [2.05, 4.69) is 20.1 Å². The maximum Gasteiger partial charge on any atom is 0.266 e. The molecule has 0 amide bonds. The summed E-state index contributed by atoms with van der Waals surface area (Å²) in [6.45, 7) is 1.07. The van der Waals surface area contributed by atoms with Crippen molar-refractivity contribution in [2.45, 2.75) is 25.4 Å². The molecule has 3 aromatic heterocycles. The molecular weight excluding hydrogens is 335 g/mol. The average molecular weight is 352 g/mol. The fourth-order valence-corrected chi connectivity index (χ4v) is 3.28. The zero-order valence-corrected chi connectivity index (χ0v) is 14.0. The van der Waals surface area contributed by atoms with Gasteiger partial charge in [0.25, 0.3) is 5.56 Å². The summed E-state index contributed by atoms with van der Waals surface area (Å²) >= 11 is 0. The molecule has 3 aromatic rings. The lowest BCUT2D eigenvalue weighted by molar-refractivity contribution is 0.483. The van der Waals surface area contributed by atoms with Gasteiger partial charge in [-0.3, -0.25) is 9.78 Å². The molecule has 0 spiro atoms. The number of pyridine rings is 1. The van der Waals surface area contributed by atoms with Crippen molar-refractivity contribution in [2.75, 3.05) is 11.4 Å². The molecule has 0 saturated carbocycles. The summed E-state index contributed by atoms with van der Waals surface area (Å²) in [7, 11) is 0. The topological polar surface area (TPSA) is 76.8 Å². The van der Waals surface area contributed by atoms with Gasteiger partial charge >= 0.3 is 0 Å². The van der Waals surface area contributed by atoms with E-state index in [9.17, 15) is 9.18 Å². The standard InChI is InChI=1S/C18H17FN6O/c19-15-10-21-12-22-18(15)24-9-1-2-14(24)11-25-17(26)4-3-16(23-25)13-5-7-20-8-6-13/h3-8,10,12,14H,1-2,9,11H2. The van der Waals surface area contributed by atoms with Crippen molar-refractivity contribution in [2.24, 2.45) is 0 Å². The molecule has 1 unspecified atom stereocenters. The van der Waals surface area contributed by atoms with Crippen LogP contribution in [0.4, 0.5) is 10.2 Å². The first-order valence-electron chi connectivity index (χ1n) is 8.43. The molecule has 8 heteroatoms. The van der Waals surface area contributed by atoms with Crippen LogP contribution in [0.2, 0.25) is 0 Å². The zero-order valence-electron chi connectivity index (χ0n) is 14.0. The Balaban J connectivity index is 1.62. The molecule has 0 N–H and O–H groups in total. The van der Waals surface area contributed by atoms with Crippen molar-refractivity contribution in [3.63, 3.8) is 0 Å². The highest BCUT2D eigenvalue weighted by molar-refractivity contribution is 5.57. The SMILES string of the molecule is O=c1ccc(-c2ccncc2)nn1CC1CCCN1c1ncncc1F. The number of nitrogens with zero attached hydrogens (tertiary/aromatic N) is 6. The number of hydrogen-bond acceptors (Lipinski definition) is 6. The Hall–Kier alpha value is -3.16. The van der Waals surface area contributed by atoms with Gasteiger partial charge in [-0.15, -0.1) is 0 Å². The van der Waals surface area contributed by atoms with E-state index in [1.165, 1.54) is 17.1 Å². The van der Waals surface area contributed by atoms with E-state index in [0.717, 1.165) is 24.6 Å². The minimum atomic E-state index is -0.453. The molecule has 0 bridgehead atoms. The number of hydrogen-bond donors (Lipinski definition) is 0. The van der Waals surface area contributed by atoms with Crippen molar-refractivity contribution < 1.29 is 4.39 Å². The van der Waals surface area contributed by atoms with Crippen LogP contribution < -0.4 is 10.5 Å². The van der Waals surface area contributed by atoms with Crippen molar-refractivity contribution >= 4 is 5.82 Å². The maximum atomic E-state index is 14.1. The number of halogens is 1. The van der Waals surface area contributed by atoms with Crippen molar-refractivity contribution in [1.29, 1.82) is 0 Å². The summed E-state index contributed by atoms with van der Waals surface area (Å²) in [4.78, 5) is 25.9. The first kappa shape index (κ1) is 16.3. The Morgan fingerprint density at radius 1 is 1.15 bits per heavy atom. The molecule has 4 rings (SSSR count). The highest BCUT2D eigenvalue weighted by Gasteiger charge is 2.28. The van der Waals surface area contributed by atoms with E-state index in [1.54, 1.807) is 18.5 Å². The Bertz CT molecular complexity index is 961. The lowest BCUT2D eigenvalue weighted by Gasteiger charge is -2.26. The van der Waals surface area contributed by atoms with E-state index in [0.29, 0.717) is 18.8 Å². The van der Waals surface area contributed by atoms with E-state index >= 15 is 0 Å². The highest BCUT2D eigenvalue weighted by atomic mass is 19.1. The lowest BCUT2D eigenvalue weighted by atomic mass is 10.2. The van der Waals surface area contributed by atoms with Gasteiger partial charge in [-0.05, 0) is 31.0 Å². The van der Waals surface area contributed by atoms with E-state index < -0.39 is 5.82 Å². The molecule has 26 heavy (non-hydrogen) atoms. The number of anilines is 1. The van der Waals surface area contributed by atoms with Gasteiger partial charge in [-0.2, -0.15) is 5.10 Å². The quantitative estimate of drug-likeness (QED) is 0.714. The van der Waals surface area contributed by atoms with Gasteiger partial charge in [0, 0.05) is 30.6 Å². The first-order valence-corrected chi connectivity index (χ1v) is 8.43. The average Bonchev–Trinajstić information content (AvgIpc) is 3.12. The predicted octanol–water partition coefficient (Wildman–Crippen LogP) is 1.90. The van der Waals surface area contributed by atoms with Crippen LogP contribution in [-0.4, -0.2) is 37.3 Å². The van der Waals surface area contributed by atoms with Gasteiger partial charge in [-0.1, -0.05) is 0 Å². The second-order valence-corrected chi connectivity index (χ2v) is 6.16. The normalized spacial score (nSPS) is 16.8. The molecular formula is C18H17FN6O. The van der Waals surface area contributed by atoms with Gasteiger partial charge in [0.2, 0.25) is 0 Å². The Morgan fingerprint density at radius 3 is 2.81 bits per heavy atom. The van der Waals surface area contributed by atoms with Gasteiger partial charge in [-0.25, -0.2) is 19.0 Å². The smallest absolute Gasteiger partial charge is 0.266 e. The molecule has 0 aromatic carbocycles. The summed E-state index contributed by atoms with van der Waals surface area (Å²) in [5.41, 5.74) is 1.40. The molecule has 1 atom stereocenters. The monoisotopic (exact) mass is 352 g/mol. The molecule has 0 radical (unpaired) electrons. The van der Waals surface area contributed by atoms with Crippen LogP contribution in [0.1, 0.15) is 12.8 Å². The summed E-state index contributed by atoms with van der Waals surface area (Å²) in [6, 6.07) is 6.85. The zero-order chi connectivity index (χ0) is 17.9. The van der Waals surface area contributed by atoms with Gasteiger partial charge < -0.3 is 4.90 Å². The van der Waals surface area contributed by atoms with E-state index in [4.69, 9.17) is 0 Å². The highest BCUT2D eigenvalue weighted by Crippen LogP contribution is 2.26. The molecule has 7 nitrogen and oxygen atoms in total. The molecule has 1 saturated heterocycles. The van der Waals surface area contributed by atoms with Crippen LogP contribution in [0.5, 0.6) is 0 Å². The third-order valence-corrected chi connectivity index (χ3v) is 4.52. The largest absolute Gasteiger partial charge is 0.349 e. The predicted molar refractivity (Wildman–Crippen MR) is 94.1 cm³/mol. The molecule has 1 aliphatic rings. The van der Waals surface area contributed by atoms with E-state index in [-0.39, 0.29) is 17.4 Å². The van der Waals surface area contributed by atoms with Gasteiger partial charge in [0.1, 0.15) is 6.33 Å². The van der Waals surface area contributed by atoms with Crippen LogP contribution in [-0.2, 0) is 6.54 Å². The van der Waals surface area contributed by atoms with E-state index in [1.807, 2.05) is 17.0 Å². The van der Waals surface area contributed by atoms with Crippen LogP contribution in [0.3, 0.4) is 0 Å². The molecule has 1 aliphatic heterocycles. The summed E-state index contributed by atoms with van der Waals surface area (Å²) in [6.07, 6.45) is 7.62. The van der Waals surface area contributed by atoms with Gasteiger partial charge in [0.05, 0.1) is 24.5 Å². The minimum Gasteiger partial charge on any atom is -0.349 e. The van der Waals surface area contributed by atoms with Crippen LogP contribution in [0.25, 0.3) is 11.3 Å². The molecule has 4 heterocycles. The third kappa shape index (κ3) is 3.17. The molecule has 1 fully saturated rings.